The Morgan fingerprint density at radius 2 is 1.67 bits per heavy atom. The number of carbonyl (C=O) groups is 2. The van der Waals surface area contributed by atoms with Crippen LogP contribution in [-0.2, 0) is 9.53 Å². The van der Waals surface area contributed by atoms with Gasteiger partial charge >= 0.3 is 0 Å². The van der Waals surface area contributed by atoms with E-state index in [1.54, 1.807) is 0 Å². The van der Waals surface area contributed by atoms with Crippen LogP contribution in [0.5, 0.6) is 0 Å². The summed E-state index contributed by atoms with van der Waals surface area (Å²) in [6, 6.07) is 9.67. The van der Waals surface area contributed by atoms with E-state index in [9.17, 15) is 9.59 Å². The van der Waals surface area contributed by atoms with Crippen molar-refractivity contribution in [3.8, 4) is 0 Å². The Morgan fingerprint density at radius 3 is 2.41 bits per heavy atom. The fourth-order valence-electron chi connectivity index (χ4n) is 5.04. The molecule has 3 aliphatic rings. The molecule has 2 amide bonds. The quantitative estimate of drug-likeness (QED) is 0.790. The van der Waals surface area contributed by atoms with Crippen LogP contribution in [0.3, 0.4) is 0 Å². The number of morpholine rings is 1. The molecule has 2 atom stereocenters. The standard InChI is InChI=1S/C21H29N3O3/c1-22-11-8-21(20(26)24-13-15-27-16-14-24)9-12-23(10-7-18(21)22)19(25)17-5-3-2-4-6-17/h2-6,18H,7-16H2,1H3/t18-,21-/m1/s1. The summed E-state index contributed by atoms with van der Waals surface area (Å²) in [5, 5.41) is 0. The van der Waals surface area contributed by atoms with Crippen LogP contribution in [0.4, 0.5) is 0 Å². The normalized spacial score (nSPS) is 29.3. The highest BCUT2D eigenvalue weighted by Crippen LogP contribution is 2.44. The second-order valence-electron chi connectivity index (χ2n) is 8.00. The van der Waals surface area contributed by atoms with Crippen molar-refractivity contribution >= 4 is 11.8 Å². The van der Waals surface area contributed by atoms with E-state index < -0.39 is 0 Å². The summed E-state index contributed by atoms with van der Waals surface area (Å²) >= 11 is 0. The summed E-state index contributed by atoms with van der Waals surface area (Å²) in [5.41, 5.74) is 0.365. The molecule has 0 radical (unpaired) electrons. The van der Waals surface area contributed by atoms with Gasteiger partial charge in [0, 0.05) is 37.8 Å². The maximum Gasteiger partial charge on any atom is 0.253 e. The van der Waals surface area contributed by atoms with Gasteiger partial charge in [-0.05, 0) is 45.0 Å². The van der Waals surface area contributed by atoms with Gasteiger partial charge in [-0.2, -0.15) is 0 Å². The zero-order chi connectivity index (χ0) is 18.9. The molecule has 0 N–H and O–H groups in total. The molecule has 0 aliphatic carbocycles. The number of nitrogens with zero attached hydrogens (tertiary/aromatic N) is 3. The predicted molar refractivity (Wildman–Crippen MR) is 102 cm³/mol. The molecule has 1 aromatic carbocycles. The zero-order valence-corrected chi connectivity index (χ0v) is 16.1. The molecule has 0 unspecified atom stereocenters. The number of likely N-dealkylation sites (tertiary alicyclic amines) is 2. The summed E-state index contributed by atoms with van der Waals surface area (Å²) in [4.78, 5) is 32.7. The Balaban J connectivity index is 1.55. The maximum absolute atomic E-state index is 13.5. The lowest BCUT2D eigenvalue weighted by Crippen LogP contribution is -2.53. The van der Waals surface area contributed by atoms with E-state index in [2.05, 4.69) is 11.9 Å². The molecule has 0 saturated carbocycles. The molecule has 1 aromatic rings. The van der Waals surface area contributed by atoms with Gasteiger partial charge in [-0.3, -0.25) is 9.59 Å². The van der Waals surface area contributed by atoms with E-state index in [0.29, 0.717) is 39.4 Å². The number of carbonyl (C=O) groups excluding carboxylic acids is 2. The molecule has 3 heterocycles. The molecule has 3 fully saturated rings. The van der Waals surface area contributed by atoms with E-state index in [1.165, 1.54) is 0 Å². The molecule has 0 bridgehead atoms. The van der Waals surface area contributed by atoms with Crippen molar-refractivity contribution in [2.24, 2.45) is 5.41 Å². The Bertz CT molecular complexity index is 689. The van der Waals surface area contributed by atoms with Crippen LogP contribution in [0, 0.1) is 5.41 Å². The second-order valence-corrected chi connectivity index (χ2v) is 8.00. The summed E-state index contributed by atoms with van der Waals surface area (Å²) < 4.78 is 5.43. The van der Waals surface area contributed by atoms with Crippen molar-refractivity contribution in [3.05, 3.63) is 35.9 Å². The summed E-state index contributed by atoms with van der Waals surface area (Å²) in [7, 11) is 2.12. The van der Waals surface area contributed by atoms with E-state index in [1.807, 2.05) is 40.1 Å². The SMILES string of the molecule is CN1CC[C@@]2(C(=O)N3CCOCC3)CCN(C(=O)c3ccccc3)CC[C@@H]12. The highest BCUT2D eigenvalue weighted by molar-refractivity contribution is 5.94. The predicted octanol–water partition coefficient (Wildman–Crippen LogP) is 1.47. The number of hydrogen-bond donors (Lipinski definition) is 0. The zero-order valence-electron chi connectivity index (χ0n) is 16.1. The van der Waals surface area contributed by atoms with Crippen LogP contribution in [0.15, 0.2) is 30.3 Å². The third-order valence-electron chi connectivity index (χ3n) is 6.61. The van der Waals surface area contributed by atoms with E-state index in [4.69, 9.17) is 4.74 Å². The smallest absolute Gasteiger partial charge is 0.253 e. The summed E-state index contributed by atoms with van der Waals surface area (Å²) in [6.45, 7) is 4.93. The second kappa shape index (κ2) is 7.60. The molecule has 6 heteroatoms. The average Bonchev–Trinajstić information content (AvgIpc) is 2.92. The first kappa shape index (κ1) is 18.4. The van der Waals surface area contributed by atoms with Gasteiger partial charge in [0.15, 0.2) is 0 Å². The summed E-state index contributed by atoms with van der Waals surface area (Å²) in [6.07, 6.45) is 2.49. The van der Waals surface area contributed by atoms with Crippen LogP contribution >= 0.6 is 0 Å². The Morgan fingerprint density at radius 1 is 0.963 bits per heavy atom. The van der Waals surface area contributed by atoms with Crippen LogP contribution in [0.25, 0.3) is 0 Å². The number of ether oxygens (including phenoxy) is 1. The Labute approximate surface area is 161 Å². The van der Waals surface area contributed by atoms with Gasteiger partial charge < -0.3 is 19.4 Å². The summed E-state index contributed by atoms with van der Waals surface area (Å²) in [5.74, 6) is 0.348. The number of benzene rings is 1. The number of hydrogen-bond acceptors (Lipinski definition) is 4. The van der Waals surface area contributed by atoms with Crippen LogP contribution in [-0.4, -0.2) is 85.5 Å². The highest BCUT2D eigenvalue weighted by Gasteiger charge is 2.54. The molecule has 6 nitrogen and oxygen atoms in total. The first-order chi connectivity index (χ1) is 13.1. The van der Waals surface area contributed by atoms with Gasteiger partial charge in [-0.25, -0.2) is 0 Å². The number of fused-ring (bicyclic) bond motifs is 1. The van der Waals surface area contributed by atoms with Crippen LogP contribution < -0.4 is 0 Å². The maximum atomic E-state index is 13.5. The largest absolute Gasteiger partial charge is 0.378 e. The Hall–Kier alpha value is -1.92. The number of rotatable bonds is 2. The molecule has 3 aliphatic heterocycles. The van der Waals surface area contributed by atoms with Crippen molar-refractivity contribution in [2.45, 2.75) is 25.3 Å². The van der Waals surface area contributed by atoms with Gasteiger partial charge in [0.25, 0.3) is 5.91 Å². The van der Waals surface area contributed by atoms with Gasteiger partial charge in [-0.1, -0.05) is 18.2 Å². The van der Waals surface area contributed by atoms with E-state index in [-0.39, 0.29) is 23.3 Å². The van der Waals surface area contributed by atoms with Gasteiger partial charge in [0.1, 0.15) is 0 Å². The first-order valence-electron chi connectivity index (χ1n) is 10.0. The van der Waals surface area contributed by atoms with Crippen molar-refractivity contribution in [2.75, 3.05) is 53.0 Å². The van der Waals surface area contributed by atoms with Crippen molar-refractivity contribution in [3.63, 3.8) is 0 Å². The van der Waals surface area contributed by atoms with Crippen molar-refractivity contribution in [1.82, 2.24) is 14.7 Å². The first-order valence-corrected chi connectivity index (χ1v) is 10.0. The number of amides is 2. The molecule has 27 heavy (non-hydrogen) atoms. The lowest BCUT2D eigenvalue weighted by Gasteiger charge is -2.39. The molecule has 146 valence electrons. The monoisotopic (exact) mass is 371 g/mol. The third-order valence-corrected chi connectivity index (χ3v) is 6.61. The molecule has 0 aromatic heterocycles. The van der Waals surface area contributed by atoms with E-state index in [0.717, 1.165) is 31.4 Å². The van der Waals surface area contributed by atoms with Crippen LogP contribution in [0.2, 0.25) is 0 Å². The molecular formula is C21H29N3O3. The van der Waals surface area contributed by atoms with Crippen LogP contribution in [0.1, 0.15) is 29.6 Å². The third kappa shape index (κ3) is 3.36. The minimum Gasteiger partial charge on any atom is -0.378 e. The lowest BCUT2D eigenvalue weighted by molar-refractivity contribution is -0.148. The minimum atomic E-state index is -0.363. The van der Waals surface area contributed by atoms with Gasteiger partial charge in [-0.15, -0.1) is 0 Å². The van der Waals surface area contributed by atoms with E-state index >= 15 is 0 Å². The van der Waals surface area contributed by atoms with Crippen molar-refractivity contribution in [1.29, 1.82) is 0 Å². The lowest BCUT2D eigenvalue weighted by atomic mass is 9.75. The molecule has 0 spiro atoms. The minimum absolute atomic E-state index is 0.0761. The van der Waals surface area contributed by atoms with Crippen molar-refractivity contribution < 1.29 is 14.3 Å². The fourth-order valence-corrected chi connectivity index (χ4v) is 5.04. The molecule has 3 saturated heterocycles. The van der Waals surface area contributed by atoms with Gasteiger partial charge in [0.2, 0.25) is 5.91 Å². The topological polar surface area (TPSA) is 53.1 Å². The highest BCUT2D eigenvalue weighted by atomic mass is 16.5. The molecular weight excluding hydrogens is 342 g/mol. The molecule has 4 rings (SSSR count). The fraction of sp³-hybridized carbons (Fsp3) is 0.619. The van der Waals surface area contributed by atoms with Gasteiger partial charge in [0.05, 0.1) is 18.6 Å². The average molecular weight is 371 g/mol. The Kier molecular flexibility index (Phi) is 5.19.